The Morgan fingerprint density at radius 2 is 2.07 bits per heavy atom. The monoisotopic (exact) mass is 387 g/mol. The van der Waals surface area contributed by atoms with Crippen molar-refractivity contribution < 1.29 is 19.1 Å². The third kappa shape index (κ3) is 5.10. The number of nitrogens with one attached hydrogen (secondary N) is 2. The van der Waals surface area contributed by atoms with Gasteiger partial charge in [0.25, 0.3) is 11.8 Å². The fraction of sp³-hybridized carbons (Fsp3) is 0.571. The predicted molar refractivity (Wildman–Crippen MR) is 105 cm³/mol. The number of carbonyl (C=O) groups excluding carboxylic acids is 3. The number of fused-ring (bicyclic) bond motifs is 1. The van der Waals surface area contributed by atoms with E-state index in [0.717, 1.165) is 31.6 Å². The van der Waals surface area contributed by atoms with Crippen LogP contribution in [0.4, 0.5) is 0 Å². The summed E-state index contributed by atoms with van der Waals surface area (Å²) < 4.78 is 4.84. The zero-order chi connectivity index (χ0) is 19.9. The summed E-state index contributed by atoms with van der Waals surface area (Å²) in [7, 11) is 0. The number of ether oxygens (including phenoxy) is 1. The van der Waals surface area contributed by atoms with E-state index in [9.17, 15) is 14.4 Å². The van der Waals surface area contributed by atoms with Gasteiger partial charge >= 0.3 is 5.97 Å². The Hall–Kier alpha value is -2.41. The van der Waals surface area contributed by atoms with Gasteiger partial charge < -0.3 is 20.3 Å². The number of piperidine rings is 1. The van der Waals surface area contributed by atoms with Gasteiger partial charge in [0.05, 0.1) is 13.0 Å². The average Bonchev–Trinajstić information content (AvgIpc) is 3.02. The Labute approximate surface area is 165 Å². The summed E-state index contributed by atoms with van der Waals surface area (Å²) in [5.74, 6) is 0.0629. The van der Waals surface area contributed by atoms with E-state index in [1.165, 1.54) is 12.8 Å². The highest BCUT2D eigenvalue weighted by Gasteiger charge is 2.28. The first-order chi connectivity index (χ1) is 13.6. The Balaban J connectivity index is 1.52. The van der Waals surface area contributed by atoms with Crippen molar-refractivity contribution in [2.24, 2.45) is 5.92 Å². The number of nitrogens with zero attached hydrogens (tertiary/aromatic N) is 1. The molecule has 0 spiro atoms. The minimum atomic E-state index is -0.337. The molecule has 2 heterocycles. The van der Waals surface area contributed by atoms with E-state index in [2.05, 4.69) is 10.6 Å². The van der Waals surface area contributed by atoms with Gasteiger partial charge in [-0.05, 0) is 62.9 Å². The number of rotatable bonds is 8. The molecule has 2 aliphatic rings. The topological polar surface area (TPSA) is 87.7 Å². The van der Waals surface area contributed by atoms with Gasteiger partial charge in [0.15, 0.2) is 0 Å². The summed E-state index contributed by atoms with van der Waals surface area (Å²) in [5.41, 5.74) is 2.03. The molecule has 152 valence electrons. The van der Waals surface area contributed by atoms with Crippen LogP contribution in [0, 0.1) is 5.92 Å². The van der Waals surface area contributed by atoms with Gasteiger partial charge in [-0.3, -0.25) is 14.4 Å². The largest absolute Gasteiger partial charge is 0.466 e. The van der Waals surface area contributed by atoms with Gasteiger partial charge in [-0.15, -0.1) is 0 Å². The summed E-state index contributed by atoms with van der Waals surface area (Å²) in [6, 6.07) is 5.27. The van der Waals surface area contributed by atoms with Crippen molar-refractivity contribution in [2.75, 3.05) is 32.8 Å². The van der Waals surface area contributed by atoms with Gasteiger partial charge in [0, 0.05) is 30.8 Å². The molecule has 1 saturated heterocycles. The molecule has 0 unspecified atom stereocenters. The van der Waals surface area contributed by atoms with Crippen molar-refractivity contribution in [2.45, 2.75) is 39.2 Å². The van der Waals surface area contributed by atoms with Crippen LogP contribution >= 0.6 is 0 Å². The lowest BCUT2D eigenvalue weighted by molar-refractivity contribution is -0.142. The van der Waals surface area contributed by atoms with Crippen LogP contribution in [0.15, 0.2) is 18.2 Å². The van der Waals surface area contributed by atoms with E-state index in [1.54, 1.807) is 19.1 Å². The standard InChI is InChI=1S/C21H29N3O4/c1-2-28-19(25)7-11-23-20(26)16-3-4-17-14-24(21(27)18(17)13-16)12-8-15-5-9-22-10-6-15/h3-4,13,15,22H,2,5-12,14H2,1H3,(H,23,26). The molecule has 0 atom stereocenters. The highest BCUT2D eigenvalue weighted by molar-refractivity contribution is 6.02. The molecule has 3 rings (SSSR count). The first-order valence-electron chi connectivity index (χ1n) is 10.1. The lowest BCUT2D eigenvalue weighted by Crippen LogP contribution is -2.31. The SMILES string of the molecule is CCOC(=O)CCNC(=O)c1ccc2c(c1)C(=O)N(CCC1CCNCC1)C2. The highest BCUT2D eigenvalue weighted by atomic mass is 16.5. The lowest BCUT2D eigenvalue weighted by atomic mass is 9.94. The van der Waals surface area contributed by atoms with Crippen LogP contribution in [0.1, 0.15) is 58.9 Å². The minimum absolute atomic E-state index is 0.00473. The molecule has 1 fully saturated rings. The molecule has 7 nitrogen and oxygen atoms in total. The van der Waals surface area contributed by atoms with E-state index in [1.807, 2.05) is 11.0 Å². The Morgan fingerprint density at radius 3 is 2.82 bits per heavy atom. The van der Waals surface area contributed by atoms with E-state index < -0.39 is 0 Å². The van der Waals surface area contributed by atoms with Gasteiger partial charge in [-0.2, -0.15) is 0 Å². The van der Waals surface area contributed by atoms with Crippen LogP contribution in [-0.2, 0) is 16.1 Å². The zero-order valence-corrected chi connectivity index (χ0v) is 16.5. The molecular weight excluding hydrogens is 358 g/mol. The molecule has 1 aromatic rings. The Kier molecular flexibility index (Phi) is 7.03. The van der Waals surface area contributed by atoms with Crippen molar-refractivity contribution in [3.63, 3.8) is 0 Å². The van der Waals surface area contributed by atoms with Crippen LogP contribution in [-0.4, -0.2) is 55.5 Å². The van der Waals surface area contributed by atoms with Crippen molar-refractivity contribution in [1.29, 1.82) is 0 Å². The minimum Gasteiger partial charge on any atom is -0.466 e. The van der Waals surface area contributed by atoms with E-state index in [-0.39, 0.29) is 30.7 Å². The first kappa shape index (κ1) is 20.3. The summed E-state index contributed by atoms with van der Waals surface area (Å²) in [6.45, 7) is 5.79. The first-order valence-corrected chi connectivity index (χ1v) is 10.1. The number of amides is 2. The molecule has 2 aliphatic heterocycles. The normalized spacial score (nSPS) is 16.8. The number of carbonyl (C=O) groups is 3. The molecule has 28 heavy (non-hydrogen) atoms. The molecule has 7 heteroatoms. The fourth-order valence-electron chi connectivity index (χ4n) is 3.81. The van der Waals surface area contributed by atoms with Gasteiger partial charge in [-0.1, -0.05) is 6.07 Å². The van der Waals surface area contributed by atoms with Crippen LogP contribution in [0.2, 0.25) is 0 Å². The summed E-state index contributed by atoms with van der Waals surface area (Å²) in [4.78, 5) is 38.3. The molecule has 0 aliphatic carbocycles. The predicted octanol–water partition coefficient (Wildman–Crippen LogP) is 1.72. The fourth-order valence-corrected chi connectivity index (χ4v) is 3.81. The molecule has 0 radical (unpaired) electrons. The Morgan fingerprint density at radius 1 is 1.29 bits per heavy atom. The van der Waals surface area contributed by atoms with E-state index in [0.29, 0.717) is 30.2 Å². The Bertz CT molecular complexity index is 728. The third-order valence-corrected chi connectivity index (χ3v) is 5.44. The molecule has 0 aromatic heterocycles. The van der Waals surface area contributed by atoms with E-state index in [4.69, 9.17) is 4.74 Å². The van der Waals surface area contributed by atoms with Crippen LogP contribution in [0.3, 0.4) is 0 Å². The quantitative estimate of drug-likeness (QED) is 0.663. The number of benzene rings is 1. The van der Waals surface area contributed by atoms with Crippen LogP contribution in [0.5, 0.6) is 0 Å². The maximum Gasteiger partial charge on any atom is 0.307 e. The molecular formula is C21H29N3O4. The smallest absolute Gasteiger partial charge is 0.307 e. The molecule has 0 bridgehead atoms. The average molecular weight is 387 g/mol. The van der Waals surface area contributed by atoms with Gasteiger partial charge in [0.1, 0.15) is 0 Å². The molecule has 2 amide bonds. The maximum absolute atomic E-state index is 12.7. The lowest BCUT2D eigenvalue weighted by Gasteiger charge is -2.25. The van der Waals surface area contributed by atoms with Crippen molar-refractivity contribution in [3.8, 4) is 0 Å². The number of esters is 1. The maximum atomic E-state index is 12.7. The van der Waals surface area contributed by atoms with Crippen molar-refractivity contribution in [1.82, 2.24) is 15.5 Å². The number of hydrogen-bond donors (Lipinski definition) is 2. The summed E-state index contributed by atoms with van der Waals surface area (Å²) in [6.07, 6.45) is 3.51. The number of hydrogen-bond acceptors (Lipinski definition) is 5. The van der Waals surface area contributed by atoms with Gasteiger partial charge in [0.2, 0.25) is 0 Å². The van der Waals surface area contributed by atoms with Crippen LogP contribution in [0.25, 0.3) is 0 Å². The summed E-state index contributed by atoms with van der Waals surface area (Å²) >= 11 is 0. The summed E-state index contributed by atoms with van der Waals surface area (Å²) in [5, 5.41) is 6.07. The second kappa shape index (κ2) is 9.68. The van der Waals surface area contributed by atoms with Crippen molar-refractivity contribution >= 4 is 17.8 Å². The van der Waals surface area contributed by atoms with Crippen molar-refractivity contribution in [3.05, 3.63) is 34.9 Å². The molecule has 2 N–H and O–H groups in total. The van der Waals surface area contributed by atoms with Crippen LogP contribution < -0.4 is 10.6 Å². The second-order valence-corrected chi connectivity index (χ2v) is 7.39. The zero-order valence-electron chi connectivity index (χ0n) is 16.5. The second-order valence-electron chi connectivity index (χ2n) is 7.39. The van der Waals surface area contributed by atoms with E-state index >= 15 is 0 Å². The van der Waals surface area contributed by atoms with Gasteiger partial charge in [-0.25, -0.2) is 0 Å². The molecule has 0 saturated carbocycles. The highest BCUT2D eigenvalue weighted by Crippen LogP contribution is 2.26. The molecule has 1 aromatic carbocycles. The third-order valence-electron chi connectivity index (χ3n) is 5.44.